The number of carbonyl (C=O) groups excluding carboxylic acids is 3. The molecule has 0 saturated heterocycles. The maximum atomic E-state index is 12.9. The van der Waals surface area contributed by atoms with E-state index in [0.29, 0.717) is 30.0 Å². The third-order valence-corrected chi connectivity index (χ3v) is 4.92. The maximum absolute atomic E-state index is 12.9. The summed E-state index contributed by atoms with van der Waals surface area (Å²) in [6, 6.07) is 13.6. The zero-order valence-electron chi connectivity index (χ0n) is 18.8. The van der Waals surface area contributed by atoms with E-state index in [9.17, 15) is 19.5 Å². The molecule has 0 spiro atoms. The van der Waals surface area contributed by atoms with E-state index in [1.54, 1.807) is 39.1 Å². The number of nitrogens with zero attached hydrogens (tertiary/aromatic N) is 1. The van der Waals surface area contributed by atoms with Crippen LogP contribution in [0.25, 0.3) is 0 Å². The fraction of sp³-hybridized carbons (Fsp3) is 0.320. The highest BCUT2D eigenvalue weighted by atomic mass is 16.5. The van der Waals surface area contributed by atoms with Gasteiger partial charge in [-0.25, -0.2) is 0 Å². The summed E-state index contributed by atoms with van der Waals surface area (Å²) in [5.74, 6) is 3.89. The summed E-state index contributed by atoms with van der Waals surface area (Å²) in [6.45, 7) is 3.33. The Balaban J connectivity index is 1.62. The SMILES string of the molecule is CN1C(=O)[C@@H](NC(=O)C(=O)NCCc2ccccc2)COc2ccc(C#CC(C)(C)O)cc21. The summed E-state index contributed by atoms with van der Waals surface area (Å²) in [5, 5.41) is 14.8. The van der Waals surface area contributed by atoms with Crippen molar-refractivity contribution >= 4 is 23.4 Å². The lowest BCUT2D eigenvalue weighted by atomic mass is 10.1. The molecule has 3 amide bonds. The monoisotopic (exact) mass is 449 g/mol. The molecule has 0 bridgehead atoms. The highest BCUT2D eigenvalue weighted by Gasteiger charge is 2.32. The number of rotatable bonds is 4. The van der Waals surface area contributed by atoms with E-state index in [-0.39, 0.29) is 6.61 Å². The van der Waals surface area contributed by atoms with E-state index < -0.39 is 29.4 Å². The minimum atomic E-state index is -1.15. The average molecular weight is 450 g/mol. The minimum Gasteiger partial charge on any atom is -0.489 e. The van der Waals surface area contributed by atoms with Gasteiger partial charge in [-0.2, -0.15) is 0 Å². The number of fused-ring (bicyclic) bond motifs is 1. The number of likely N-dealkylation sites (N-methyl/N-ethyl adjacent to an activating group) is 1. The molecule has 0 saturated carbocycles. The predicted molar refractivity (Wildman–Crippen MR) is 124 cm³/mol. The summed E-state index contributed by atoms with van der Waals surface area (Å²) in [5.41, 5.74) is 0.963. The van der Waals surface area contributed by atoms with E-state index in [4.69, 9.17) is 4.74 Å². The summed E-state index contributed by atoms with van der Waals surface area (Å²) in [7, 11) is 1.56. The minimum absolute atomic E-state index is 0.117. The van der Waals surface area contributed by atoms with E-state index in [1.807, 2.05) is 30.3 Å². The molecule has 33 heavy (non-hydrogen) atoms. The van der Waals surface area contributed by atoms with Gasteiger partial charge in [0.25, 0.3) is 5.91 Å². The van der Waals surface area contributed by atoms with Gasteiger partial charge in [0.15, 0.2) is 0 Å². The summed E-state index contributed by atoms with van der Waals surface area (Å²) in [4.78, 5) is 38.8. The van der Waals surface area contributed by atoms with Crippen molar-refractivity contribution in [2.45, 2.75) is 31.9 Å². The van der Waals surface area contributed by atoms with Crippen LogP contribution >= 0.6 is 0 Å². The second-order valence-electron chi connectivity index (χ2n) is 8.22. The quantitative estimate of drug-likeness (QED) is 0.477. The van der Waals surface area contributed by atoms with Crippen molar-refractivity contribution in [2.75, 3.05) is 25.1 Å². The van der Waals surface area contributed by atoms with Gasteiger partial charge in [-0.1, -0.05) is 42.2 Å². The Morgan fingerprint density at radius 3 is 2.61 bits per heavy atom. The standard InChI is InChI=1S/C25H27N3O5/c1-25(2,32)13-11-18-9-10-21-20(15-18)28(3)24(31)19(16-33-21)27-23(30)22(29)26-14-12-17-7-5-4-6-8-17/h4-10,15,19,32H,12,14,16H2,1-3H3,(H,26,29)(H,27,30)/t19-/m0/s1. The Kier molecular flexibility index (Phi) is 7.36. The number of amides is 3. The Morgan fingerprint density at radius 1 is 1.18 bits per heavy atom. The molecule has 3 N–H and O–H groups in total. The molecule has 1 aliphatic heterocycles. The third-order valence-electron chi connectivity index (χ3n) is 4.92. The molecule has 1 atom stereocenters. The first kappa shape index (κ1) is 23.8. The lowest BCUT2D eigenvalue weighted by Gasteiger charge is -2.20. The highest BCUT2D eigenvalue weighted by molar-refractivity contribution is 6.35. The van der Waals surface area contributed by atoms with Crippen LogP contribution < -0.4 is 20.3 Å². The molecule has 3 rings (SSSR count). The zero-order chi connectivity index (χ0) is 24.0. The van der Waals surface area contributed by atoms with Crippen LogP contribution in [0.4, 0.5) is 5.69 Å². The predicted octanol–water partition coefficient (Wildman–Crippen LogP) is 1.01. The van der Waals surface area contributed by atoms with Crippen molar-refractivity contribution in [3.05, 3.63) is 59.7 Å². The molecule has 0 fully saturated rings. The first-order valence-corrected chi connectivity index (χ1v) is 10.6. The topological polar surface area (TPSA) is 108 Å². The van der Waals surface area contributed by atoms with Gasteiger partial charge in [-0.05, 0) is 44.0 Å². The Bertz CT molecular complexity index is 1100. The van der Waals surface area contributed by atoms with Gasteiger partial charge in [-0.3, -0.25) is 14.4 Å². The molecule has 0 radical (unpaired) electrons. The van der Waals surface area contributed by atoms with Crippen LogP contribution in [0.1, 0.15) is 25.0 Å². The van der Waals surface area contributed by atoms with E-state index in [2.05, 4.69) is 22.5 Å². The van der Waals surface area contributed by atoms with Crippen LogP contribution in [0.2, 0.25) is 0 Å². The number of aliphatic hydroxyl groups is 1. The van der Waals surface area contributed by atoms with Gasteiger partial charge in [0.2, 0.25) is 0 Å². The van der Waals surface area contributed by atoms with E-state index >= 15 is 0 Å². The number of anilines is 1. The fourth-order valence-electron chi connectivity index (χ4n) is 3.17. The first-order chi connectivity index (χ1) is 15.6. The molecule has 1 aliphatic rings. The van der Waals surface area contributed by atoms with Gasteiger partial charge in [-0.15, -0.1) is 0 Å². The van der Waals surface area contributed by atoms with Crippen LogP contribution in [0.5, 0.6) is 5.75 Å². The molecule has 0 unspecified atom stereocenters. The normalized spacial score (nSPS) is 15.3. The van der Waals surface area contributed by atoms with E-state index in [0.717, 1.165) is 5.56 Å². The summed E-state index contributed by atoms with van der Waals surface area (Å²) >= 11 is 0. The molecule has 8 nitrogen and oxygen atoms in total. The maximum Gasteiger partial charge on any atom is 0.310 e. The summed E-state index contributed by atoms with van der Waals surface area (Å²) < 4.78 is 5.72. The number of hydrogen-bond acceptors (Lipinski definition) is 5. The first-order valence-electron chi connectivity index (χ1n) is 10.6. The molecular formula is C25H27N3O5. The molecule has 1 heterocycles. The van der Waals surface area contributed by atoms with Crippen LogP contribution in [-0.4, -0.2) is 54.7 Å². The highest BCUT2D eigenvalue weighted by Crippen LogP contribution is 2.31. The Labute approximate surface area is 192 Å². The second kappa shape index (κ2) is 10.2. The molecule has 2 aromatic carbocycles. The Hall–Kier alpha value is -3.83. The van der Waals surface area contributed by atoms with Crippen molar-refractivity contribution in [2.24, 2.45) is 0 Å². The zero-order valence-corrected chi connectivity index (χ0v) is 18.8. The molecule has 0 aliphatic carbocycles. The molecule has 172 valence electrons. The van der Waals surface area contributed by atoms with Crippen molar-refractivity contribution in [1.82, 2.24) is 10.6 Å². The van der Waals surface area contributed by atoms with Gasteiger partial charge < -0.3 is 25.4 Å². The van der Waals surface area contributed by atoms with Gasteiger partial charge in [0.05, 0.1) is 5.69 Å². The molecule has 0 aromatic heterocycles. The van der Waals surface area contributed by atoms with Crippen molar-refractivity contribution in [1.29, 1.82) is 0 Å². The summed E-state index contributed by atoms with van der Waals surface area (Å²) in [6.07, 6.45) is 0.585. The number of nitrogens with one attached hydrogen (secondary N) is 2. The lowest BCUT2D eigenvalue weighted by molar-refractivity contribution is -0.140. The van der Waals surface area contributed by atoms with Crippen molar-refractivity contribution in [3.63, 3.8) is 0 Å². The number of hydrogen-bond donors (Lipinski definition) is 3. The van der Waals surface area contributed by atoms with Crippen LogP contribution in [0.15, 0.2) is 48.5 Å². The van der Waals surface area contributed by atoms with Crippen molar-refractivity contribution < 1.29 is 24.2 Å². The van der Waals surface area contributed by atoms with Crippen LogP contribution in [-0.2, 0) is 20.8 Å². The van der Waals surface area contributed by atoms with Gasteiger partial charge in [0.1, 0.15) is 24.0 Å². The van der Waals surface area contributed by atoms with Gasteiger partial charge in [0, 0.05) is 19.2 Å². The average Bonchev–Trinajstić information content (AvgIpc) is 2.90. The largest absolute Gasteiger partial charge is 0.489 e. The lowest BCUT2D eigenvalue weighted by Crippen LogP contribution is -2.53. The second-order valence-corrected chi connectivity index (χ2v) is 8.22. The number of carbonyl (C=O) groups is 3. The number of ether oxygens (including phenoxy) is 1. The van der Waals surface area contributed by atoms with E-state index in [1.165, 1.54) is 4.90 Å². The molecule has 8 heteroatoms. The number of benzene rings is 2. The molecule has 2 aromatic rings. The van der Waals surface area contributed by atoms with Gasteiger partial charge >= 0.3 is 11.8 Å². The third kappa shape index (κ3) is 6.57. The van der Waals surface area contributed by atoms with Crippen LogP contribution in [0.3, 0.4) is 0 Å². The van der Waals surface area contributed by atoms with Crippen LogP contribution in [0, 0.1) is 11.8 Å². The molecular weight excluding hydrogens is 422 g/mol. The smallest absolute Gasteiger partial charge is 0.310 e. The Morgan fingerprint density at radius 2 is 1.91 bits per heavy atom. The fourth-order valence-corrected chi connectivity index (χ4v) is 3.17. The van der Waals surface area contributed by atoms with Crippen molar-refractivity contribution in [3.8, 4) is 17.6 Å².